The van der Waals surface area contributed by atoms with Crippen LogP contribution in [0.2, 0.25) is 0 Å². The lowest BCUT2D eigenvalue weighted by atomic mass is 10.0. The Balaban J connectivity index is 1.39. The molecule has 1 aliphatic rings. The summed E-state index contributed by atoms with van der Waals surface area (Å²) in [5.41, 5.74) is 4.08. The maximum Gasteiger partial charge on any atom is 0.00682 e. The third kappa shape index (κ3) is 4.71. The average Bonchev–Trinajstić information content (AvgIpc) is 3.36. The van der Waals surface area contributed by atoms with Crippen molar-refractivity contribution in [2.75, 3.05) is 6.54 Å². The molecule has 0 saturated heterocycles. The van der Waals surface area contributed by atoms with Crippen molar-refractivity contribution in [3.05, 3.63) is 60.2 Å². The van der Waals surface area contributed by atoms with E-state index in [0.29, 0.717) is 0 Å². The van der Waals surface area contributed by atoms with E-state index in [1.807, 2.05) is 0 Å². The molecule has 110 valence electrons. The highest BCUT2D eigenvalue weighted by Gasteiger charge is 2.19. The first-order valence-corrected chi connectivity index (χ1v) is 8.29. The van der Waals surface area contributed by atoms with Crippen molar-refractivity contribution in [3.8, 4) is 11.1 Å². The molecule has 0 amide bonds. The molecule has 0 atom stereocenters. The summed E-state index contributed by atoms with van der Waals surface area (Å²) in [4.78, 5) is 0. The van der Waals surface area contributed by atoms with Gasteiger partial charge in [0.25, 0.3) is 0 Å². The van der Waals surface area contributed by atoms with Gasteiger partial charge < -0.3 is 5.32 Å². The van der Waals surface area contributed by atoms with Gasteiger partial charge in [-0.15, -0.1) is 0 Å². The zero-order valence-corrected chi connectivity index (χ0v) is 12.7. The Labute approximate surface area is 128 Å². The second kappa shape index (κ2) is 7.42. The number of benzene rings is 2. The largest absolute Gasteiger partial charge is 0.314 e. The van der Waals surface area contributed by atoms with Crippen LogP contribution < -0.4 is 5.32 Å². The molecule has 1 aliphatic carbocycles. The number of rotatable bonds is 8. The molecule has 2 aromatic rings. The summed E-state index contributed by atoms with van der Waals surface area (Å²) >= 11 is 0. The molecule has 1 saturated carbocycles. The van der Waals surface area contributed by atoms with Crippen LogP contribution in [0.25, 0.3) is 11.1 Å². The molecule has 3 rings (SSSR count). The summed E-state index contributed by atoms with van der Waals surface area (Å²) in [5, 5.41) is 3.58. The Hall–Kier alpha value is -1.60. The SMILES string of the molecule is c1ccc(-c2ccc(CCCCCNC3CC3)cc2)cc1. The van der Waals surface area contributed by atoms with Crippen LogP contribution in [0, 0.1) is 0 Å². The zero-order chi connectivity index (χ0) is 14.3. The lowest BCUT2D eigenvalue weighted by Crippen LogP contribution is -2.17. The molecule has 1 fully saturated rings. The monoisotopic (exact) mass is 279 g/mol. The predicted octanol–water partition coefficient (Wildman–Crippen LogP) is 4.82. The second-order valence-electron chi connectivity index (χ2n) is 6.10. The van der Waals surface area contributed by atoms with E-state index in [1.165, 1.54) is 61.8 Å². The van der Waals surface area contributed by atoms with Crippen LogP contribution in [-0.4, -0.2) is 12.6 Å². The summed E-state index contributed by atoms with van der Waals surface area (Å²) in [5.74, 6) is 0. The van der Waals surface area contributed by atoms with Gasteiger partial charge in [0.1, 0.15) is 0 Å². The topological polar surface area (TPSA) is 12.0 Å². The Kier molecular flexibility index (Phi) is 5.07. The van der Waals surface area contributed by atoms with Crippen LogP contribution in [0.5, 0.6) is 0 Å². The Morgan fingerprint density at radius 3 is 2.19 bits per heavy atom. The molecule has 21 heavy (non-hydrogen) atoms. The van der Waals surface area contributed by atoms with Gasteiger partial charge in [-0.05, 0) is 55.3 Å². The molecule has 0 aromatic heterocycles. The number of hydrogen-bond donors (Lipinski definition) is 1. The van der Waals surface area contributed by atoms with Gasteiger partial charge in [-0.25, -0.2) is 0 Å². The fraction of sp³-hybridized carbons (Fsp3) is 0.400. The van der Waals surface area contributed by atoms with Gasteiger partial charge in [-0.2, -0.15) is 0 Å². The molecular weight excluding hydrogens is 254 g/mol. The second-order valence-corrected chi connectivity index (χ2v) is 6.10. The quantitative estimate of drug-likeness (QED) is 0.683. The average molecular weight is 279 g/mol. The van der Waals surface area contributed by atoms with Crippen LogP contribution in [0.4, 0.5) is 0 Å². The van der Waals surface area contributed by atoms with Gasteiger partial charge in [0, 0.05) is 6.04 Å². The minimum Gasteiger partial charge on any atom is -0.314 e. The van der Waals surface area contributed by atoms with Crippen LogP contribution in [-0.2, 0) is 6.42 Å². The third-order valence-corrected chi connectivity index (χ3v) is 4.21. The van der Waals surface area contributed by atoms with Crippen molar-refractivity contribution in [2.45, 2.75) is 44.6 Å². The Morgan fingerprint density at radius 2 is 1.48 bits per heavy atom. The normalized spacial score (nSPS) is 14.3. The maximum absolute atomic E-state index is 3.58. The maximum atomic E-state index is 3.58. The van der Waals surface area contributed by atoms with Crippen molar-refractivity contribution in [1.29, 1.82) is 0 Å². The van der Waals surface area contributed by atoms with E-state index in [9.17, 15) is 0 Å². The number of aryl methyl sites for hydroxylation is 1. The van der Waals surface area contributed by atoms with Crippen LogP contribution in [0.3, 0.4) is 0 Å². The molecule has 1 heteroatoms. The van der Waals surface area contributed by atoms with Gasteiger partial charge in [0.2, 0.25) is 0 Å². The van der Waals surface area contributed by atoms with E-state index < -0.39 is 0 Å². The summed E-state index contributed by atoms with van der Waals surface area (Å²) in [6, 6.07) is 20.5. The molecule has 1 nitrogen and oxygen atoms in total. The number of unbranched alkanes of at least 4 members (excludes halogenated alkanes) is 2. The number of hydrogen-bond acceptors (Lipinski definition) is 1. The minimum absolute atomic E-state index is 0.857. The Morgan fingerprint density at radius 1 is 0.762 bits per heavy atom. The first-order chi connectivity index (χ1) is 10.4. The lowest BCUT2D eigenvalue weighted by Gasteiger charge is -2.05. The fourth-order valence-corrected chi connectivity index (χ4v) is 2.72. The third-order valence-electron chi connectivity index (χ3n) is 4.21. The molecule has 0 heterocycles. The predicted molar refractivity (Wildman–Crippen MR) is 90.5 cm³/mol. The molecule has 0 aliphatic heterocycles. The highest BCUT2D eigenvalue weighted by atomic mass is 14.9. The van der Waals surface area contributed by atoms with E-state index in [2.05, 4.69) is 59.9 Å². The molecule has 0 unspecified atom stereocenters. The molecule has 0 bridgehead atoms. The van der Waals surface area contributed by atoms with Crippen molar-refractivity contribution in [2.24, 2.45) is 0 Å². The smallest absolute Gasteiger partial charge is 0.00682 e. The molecule has 0 spiro atoms. The van der Waals surface area contributed by atoms with Crippen molar-refractivity contribution in [3.63, 3.8) is 0 Å². The standard InChI is InChI=1S/C20H25N/c1-4-8-18(9-5-1)19-12-10-17(11-13-19)7-3-2-6-16-21-20-14-15-20/h1,4-5,8-13,20-21H,2-3,6-7,14-16H2. The van der Waals surface area contributed by atoms with Crippen LogP contribution >= 0.6 is 0 Å². The number of nitrogens with one attached hydrogen (secondary N) is 1. The van der Waals surface area contributed by atoms with Gasteiger partial charge in [0.15, 0.2) is 0 Å². The van der Waals surface area contributed by atoms with E-state index >= 15 is 0 Å². The van der Waals surface area contributed by atoms with Gasteiger partial charge in [-0.3, -0.25) is 0 Å². The molecular formula is C20H25N. The van der Waals surface area contributed by atoms with E-state index in [0.717, 1.165) is 6.04 Å². The van der Waals surface area contributed by atoms with E-state index in [-0.39, 0.29) is 0 Å². The highest BCUT2D eigenvalue weighted by Crippen LogP contribution is 2.20. The molecule has 1 N–H and O–H groups in total. The van der Waals surface area contributed by atoms with E-state index in [4.69, 9.17) is 0 Å². The lowest BCUT2D eigenvalue weighted by molar-refractivity contribution is 0.600. The van der Waals surface area contributed by atoms with Crippen molar-refractivity contribution in [1.82, 2.24) is 5.32 Å². The zero-order valence-electron chi connectivity index (χ0n) is 12.7. The summed E-state index contributed by atoms with van der Waals surface area (Å²) < 4.78 is 0. The molecule has 2 aromatic carbocycles. The minimum atomic E-state index is 0.857. The van der Waals surface area contributed by atoms with Gasteiger partial charge >= 0.3 is 0 Å². The van der Waals surface area contributed by atoms with Gasteiger partial charge in [0.05, 0.1) is 0 Å². The summed E-state index contributed by atoms with van der Waals surface area (Å²) in [7, 11) is 0. The highest BCUT2D eigenvalue weighted by molar-refractivity contribution is 5.63. The van der Waals surface area contributed by atoms with Crippen LogP contribution in [0.1, 0.15) is 37.7 Å². The Bertz CT molecular complexity index is 526. The van der Waals surface area contributed by atoms with Crippen LogP contribution in [0.15, 0.2) is 54.6 Å². The summed E-state index contributed by atoms with van der Waals surface area (Å²) in [6.45, 7) is 1.21. The first kappa shape index (κ1) is 14.3. The fourth-order valence-electron chi connectivity index (χ4n) is 2.72. The van der Waals surface area contributed by atoms with Crippen molar-refractivity contribution >= 4 is 0 Å². The summed E-state index contributed by atoms with van der Waals surface area (Å²) in [6.07, 6.45) is 7.95. The van der Waals surface area contributed by atoms with Gasteiger partial charge in [-0.1, -0.05) is 61.0 Å². The van der Waals surface area contributed by atoms with E-state index in [1.54, 1.807) is 0 Å². The molecule has 0 radical (unpaired) electrons. The first-order valence-electron chi connectivity index (χ1n) is 8.29. The van der Waals surface area contributed by atoms with Crippen molar-refractivity contribution < 1.29 is 0 Å².